The first kappa shape index (κ1) is 16.2. The molecule has 0 spiro atoms. The number of carbonyl (C=O) groups is 2. The van der Waals surface area contributed by atoms with Gasteiger partial charge in [-0.05, 0) is 20.0 Å². The second kappa shape index (κ2) is 7.72. The van der Waals surface area contributed by atoms with Crippen molar-refractivity contribution >= 4 is 11.9 Å². The molecule has 1 N–H and O–H groups in total. The molecule has 0 atom stereocenters. The zero-order valence-electron chi connectivity index (χ0n) is 12.8. The molecule has 7 heteroatoms. The van der Waals surface area contributed by atoms with E-state index < -0.39 is 5.97 Å². The van der Waals surface area contributed by atoms with Crippen molar-refractivity contribution in [2.45, 2.75) is 6.42 Å². The van der Waals surface area contributed by atoms with Crippen molar-refractivity contribution in [2.75, 3.05) is 72.5 Å². The van der Waals surface area contributed by atoms with E-state index in [1.807, 2.05) is 9.80 Å². The van der Waals surface area contributed by atoms with E-state index in [4.69, 9.17) is 5.11 Å². The molecule has 0 aliphatic carbocycles. The minimum absolute atomic E-state index is 0.0975. The summed E-state index contributed by atoms with van der Waals surface area (Å²) in [4.78, 5) is 31.3. The first-order valence-corrected chi connectivity index (χ1v) is 7.67. The number of nitrogens with zero attached hydrogens (tertiary/aromatic N) is 4. The van der Waals surface area contributed by atoms with Crippen molar-refractivity contribution in [2.24, 2.45) is 0 Å². The Morgan fingerprint density at radius 3 is 2.00 bits per heavy atom. The Labute approximate surface area is 126 Å². The van der Waals surface area contributed by atoms with Crippen molar-refractivity contribution in [1.29, 1.82) is 0 Å². The van der Waals surface area contributed by atoms with Crippen LogP contribution in [0.1, 0.15) is 6.42 Å². The summed E-state index contributed by atoms with van der Waals surface area (Å²) < 4.78 is 0. The molecule has 0 saturated carbocycles. The number of carboxylic acid groups (broad SMARTS) is 1. The number of piperazine rings is 1. The van der Waals surface area contributed by atoms with Crippen molar-refractivity contribution in [1.82, 2.24) is 19.6 Å². The van der Waals surface area contributed by atoms with Crippen LogP contribution >= 0.6 is 0 Å². The predicted molar refractivity (Wildman–Crippen MR) is 79.2 cm³/mol. The number of hydrogen-bond donors (Lipinski definition) is 1. The maximum absolute atomic E-state index is 12.3. The summed E-state index contributed by atoms with van der Waals surface area (Å²) >= 11 is 0. The van der Waals surface area contributed by atoms with E-state index in [0.29, 0.717) is 6.54 Å². The number of hydrogen-bond acceptors (Lipinski definition) is 5. The Morgan fingerprint density at radius 1 is 0.857 bits per heavy atom. The minimum atomic E-state index is -0.781. The van der Waals surface area contributed by atoms with E-state index in [1.54, 1.807) is 0 Å². The monoisotopic (exact) mass is 298 g/mol. The highest BCUT2D eigenvalue weighted by Crippen LogP contribution is 2.05. The first-order valence-electron chi connectivity index (χ1n) is 7.67. The number of rotatable bonds is 4. The zero-order chi connectivity index (χ0) is 15.2. The molecule has 2 aliphatic heterocycles. The lowest BCUT2D eigenvalue weighted by Gasteiger charge is -2.33. The Kier molecular flexibility index (Phi) is 5.96. The fourth-order valence-electron chi connectivity index (χ4n) is 2.88. The summed E-state index contributed by atoms with van der Waals surface area (Å²) in [5, 5.41) is 8.84. The van der Waals surface area contributed by atoms with Crippen molar-refractivity contribution in [3.05, 3.63) is 0 Å². The maximum atomic E-state index is 12.3. The van der Waals surface area contributed by atoms with Crippen LogP contribution in [0.2, 0.25) is 0 Å². The molecule has 0 aromatic carbocycles. The zero-order valence-corrected chi connectivity index (χ0v) is 12.8. The molecule has 2 fully saturated rings. The first-order chi connectivity index (χ1) is 10.0. The van der Waals surface area contributed by atoms with Gasteiger partial charge in [-0.1, -0.05) is 0 Å². The van der Waals surface area contributed by atoms with Crippen LogP contribution in [0.25, 0.3) is 0 Å². The van der Waals surface area contributed by atoms with Crippen molar-refractivity contribution < 1.29 is 14.7 Å². The molecular formula is C14H26N4O3. The van der Waals surface area contributed by atoms with E-state index in [9.17, 15) is 9.59 Å². The summed E-state index contributed by atoms with van der Waals surface area (Å²) in [6.45, 7) is 7.24. The topological polar surface area (TPSA) is 67.3 Å². The quantitative estimate of drug-likeness (QED) is 0.707. The molecule has 0 bridgehead atoms. The molecule has 2 saturated heterocycles. The molecule has 7 nitrogen and oxygen atoms in total. The van der Waals surface area contributed by atoms with Crippen LogP contribution in [0, 0.1) is 0 Å². The molecule has 2 aliphatic rings. The van der Waals surface area contributed by atoms with Crippen LogP contribution in [0.5, 0.6) is 0 Å². The van der Waals surface area contributed by atoms with Gasteiger partial charge < -0.3 is 14.9 Å². The van der Waals surface area contributed by atoms with Crippen molar-refractivity contribution in [3.8, 4) is 0 Å². The summed E-state index contributed by atoms with van der Waals surface area (Å²) in [7, 11) is 2.08. The van der Waals surface area contributed by atoms with Gasteiger partial charge in [-0.25, -0.2) is 0 Å². The standard InChI is InChI=1S/C14H26N4O3/c1-15-5-9-18(10-6-15)13(19)11-16-3-2-4-17(8-7-16)12-14(20)21/h2-12H2,1H3,(H,20,21). The summed E-state index contributed by atoms with van der Waals surface area (Å²) in [6.07, 6.45) is 0.920. The van der Waals surface area contributed by atoms with E-state index >= 15 is 0 Å². The highest BCUT2D eigenvalue weighted by atomic mass is 16.4. The molecule has 2 rings (SSSR count). The van der Waals surface area contributed by atoms with E-state index in [-0.39, 0.29) is 12.5 Å². The van der Waals surface area contributed by atoms with Gasteiger partial charge >= 0.3 is 5.97 Å². The van der Waals surface area contributed by atoms with Gasteiger partial charge in [-0.3, -0.25) is 19.4 Å². The normalized spacial score (nSPS) is 23.0. The van der Waals surface area contributed by atoms with Crippen LogP contribution in [0.3, 0.4) is 0 Å². The fraction of sp³-hybridized carbons (Fsp3) is 0.857. The fourth-order valence-corrected chi connectivity index (χ4v) is 2.88. The second-order valence-electron chi connectivity index (χ2n) is 5.98. The molecule has 0 aromatic rings. The van der Waals surface area contributed by atoms with E-state index in [2.05, 4.69) is 16.8 Å². The summed E-state index contributed by atoms with van der Waals surface area (Å²) in [6, 6.07) is 0. The van der Waals surface area contributed by atoms with Gasteiger partial charge in [-0.15, -0.1) is 0 Å². The SMILES string of the molecule is CN1CCN(C(=O)CN2CCCN(CC(=O)O)CC2)CC1. The summed E-state index contributed by atoms with van der Waals surface area (Å²) in [5.74, 6) is -0.577. The van der Waals surface area contributed by atoms with E-state index in [1.165, 1.54) is 0 Å². The van der Waals surface area contributed by atoms with Crippen molar-refractivity contribution in [3.63, 3.8) is 0 Å². The molecule has 2 heterocycles. The lowest BCUT2D eigenvalue weighted by molar-refractivity contribution is -0.138. The Hall–Kier alpha value is -1.18. The van der Waals surface area contributed by atoms with Gasteiger partial charge in [0.15, 0.2) is 0 Å². The number of amides is 1. The number of carboxylic acids is 1. The molecule has 0 unspecified atom stereocenters. The average molecular weight is 298 g/mol. The van der Waals surface area contributed by atoms with Gasteiger partial charge in [0.05, 0.1) is 13.1 Å². The Balaban J connectivity index is 1.75. The molecular weight excluding hydrogens is 272 g/mol. The molecule has 1 amide bonds. The highest BCUT2D eigenvalue weighted by molar-refractivity contribution is 5.78. The average Bonchev–Trinajstić information content (AvgIpc) is 2.64. The molecule has 0 aromatic heterocycles. The van der Waals surface area contributed by atoms with Gasteiger partial charge in [-0.2, -0.15) is 0 Å². The third kappa shape index (κ3) is 5.26. The van der Waals surface area contributed by atoms with Crippen LogP contribution in [0.15, 0.2) is 0 Å². The lowest BCUT2D eigenvalue weighted by Crippen LogP contribution is -2.50. The van der Waals surface area contributed by atoms with Crippen LogP contribution in [-0.2, 0) is 9.59 Å². The van der Waals surface area contributed by atoms with Gasteiger partial charge in [0.1, 0.15) is 0 Å². The Morgan fingerprint density at radius 2 is 1.43 bits per heavy atom. The lowest BCUT2D eigenvalue weighted by atomic mass is 10.3. The van der Waals surface area contributed by atoms with Crippen LogP contribution in [-0.4, -0.2) is 109 Å². The third-order valence-corrected chi connectivity index (χ3v) is 4.25. The Bertz CT molecular complexity index is 369. The molecule has 21 heavy (non-hydrogen) atoms. The van der Waals surface area contributed by atoms with Gasteiger partial charge in [0, 0.05) is 45.8 Å². The number of likely N-dealkylation sites (N-methyl/N-ethyl adjacent to an activating group) is 1. The minimum Gasteiger partial charge on any atom is -0.480 e. The largest absolute Gasteiger partial charge is 0.480 e. The van der Waals surface area contributed by atoms with E-state index in [0.717, 1.165) is 58.8 Å². The van der Waals surface area contributed by atoms with Gasteiger partial charge in [0.2, 0.25) is 5.91 Å². The van der Waals surface area contributed by atoms with Crippen LogP contribution in [0.4, 0.5) is 0 Å². The molecule has 0 radical (unpaired) electrons. The second-order valence-corrected chi connectivity index (χ2v) is 5.98. The number of carbonyl (C=O) groups excluding carboxylic acids is 1. The third-order valence-electron chi connectivity index (χ3n) is 4.25. The predicted octanol–water partition coefficient (Wildman–Crippen LogP) is -1.15. The molecule has 120 valence electrons. The van der Waals surface area contributed by atoms with Gasteiger partial charge in [0.25, 0.3) is 0 Å². The smallest absolute Gasteiger partial charge is 0.317 e. The number of aliphatic carboxylic acids is 1. The summed E-state index contributed by atoms with van der Waals surface area (Å²) in [5.41, 5.74) is 0. The maximum Gasteiger partial charge on any atom is 0.317 e. The highest BCUT2D eigenvalue weighted by Gasteiger charge is 2.23. The van der Waals surface area contributed by atoms with Crippen LogP contribution < -0.4 is 0 Å².